The molecule has 0 N–H and O–H groups in total. The van der Waals surface area contributed by atoms with Gasteiger partial charge in [0.2, 0.25) is 0 Å². The molecule has 1 heterocycles. The maximum Gasteiger partial charge on any atom is 0.0405 e. The third-order valence-corrected chi connectivity index (χ3v) is 1.66. The van der Waals surface area contributed by atoms with Crippen molar-refractivity contribution in [3.63, 3.8) is 0 Å². The number of nitrogens with zero attached hydrogens (tertiary/aromatic N) is 1. The summed E-state index contributed by atoms with van der Waals surface area (Å²) in [7, 11) is 0. The molecule has 0 spiro atoms. The summed E-state index contributed by atoms with van der Waals surface area (Å²) in [4.78, 5) is 2.03. The van der Waals surface area contributed by atoms with Crippen molar-refractivity contribution < 1.29 is 0 Å². The first-order chi connectivity index (χ1) is 5.36. The van der Waals surface area contributed by atoms with Gasteiger partial charge >= 0.3 is 0 Å². The Kier molecular flexibility index (Phi) is 5.30. The zero-order valence-corrected chi connectivity index (χ0v) is 8.16. The molecule has 0 fully saturated rings. The van der Waals surface area contributed by atoms with Crippen LogP contribution in [0.3, 0.4) is 0 Å². The molecule has 0 bridgehead atoms. The van der Waals surface area contributed by atoms with Crippen LogP contribution in [-0.2, 0) is 0 Å². The monoisotopic (exact) mass is 181 g/mol. The molecule has 0 aromatic rings. The summed E-state index contributed by atoms with van der Waals surface area (Å²) >= 11 is 0. The van der Waals surface area contributed by atoms with Crippen LogP contribution in [0.1, 0.15) is 6.42 Å². The van der Waals surface area contributed by atoms with E-state index in [4.69, 9.17) is 0 Å². The highest BCUT2D eigenvalue weighted by molar-refractivity contribution is 7.59. The van der Waals surface area contributed by atoms with E-state index in [9.17, 15) is 0 Å². The van der Waals surface area contributed by atoms with E-state index in [0.717, 1.165) is 13.0 Å². The first-order valence-corrected chi connectivity index (χ1v) is 3.73. The Labute approximate surface area is 81.2 Å². The number of hydrogen-bond acceptors (Lipinski definition) is 1. The fourth-order valence-electron chi connectivity index (χ4n) is 0.996. The van der Waals surface area contributed by atoms with Crippen molar-refractivity contribution in [3.8, 4) is 0 Å². The Bertz CT molecular complexity index is 216. The minimum absolute atomic E-state index is 0. The topological polar surface area (TPSA) is 3.24 Å². The minimum atomic E-state index is 0. The summed E-state index contributed by atoms with van der Waals surface area (Å²) in [6.07, 6.45) is 11.0. The van der Waals surface area contributed by atoms with Crippen LogP contribution in [0, 0.1) is 0 Å². The zero-order chi connectivity index (χ0) is 8.10. The van der Waals surface area contributed by atoms with Crippen molar-refractivity contribution in [1.82, 2.24) is 4.90 Å². The molecule has 0 aromatic heterocycles. The number of rotatable bonds is 3. The molecule has 0 amide bonds. The average molecular weight is 181 g/mol. The van der Waals surface area contributed by atoms with Crippen LogP contribution in [0.15, 0.2) is 49.4 Å². The Morgan fingerprint density at radius 3 is 2.67 bits per heavy atom. The SMILES string of the molecule is C=CCC1=CCN(C=C)C=C1.S. The maximum atomic E-state index is 3.69. The van der Waals surface area contributed by atoms with Crippen molar-refractivity contribution in [1.29, 1.82) is 0 Å². The second kappa shape index (κ2) is 5.72. The van der Waals surface area contributed by atoms with E-state index in [-0.39, 0.29) is 13.5 Å². The Morgan fingerprint density at radius 2 is 2.25 bits per heavy atom. The summed E-state index contributed by atoms with van der Waals surface area (Å²) in [6.45, 7) is 8.30. The van der Waals surface area contributed by atoms with Gasteiger partial charge in [0, 0.05) is 12.7 Å². The van der Waals surface area contributed by atoms with Gasteiger partial charge in [0.15, 0.2) is 0 Å². The second-order valence-corrected chi connectivity index (χ2v) is 2.47. The predicted molar refractivity (Wildman–Crippen MR) is 59.3 cm³/mol. The van der Waals surface area contributed by atoms with Gasteiger partial charge in [-0.05, 0) is 24.3 Å². The van der Waals surface area contributed by atoms with E-state index in [1.807, 2.05) is 23.4 Å². The number of allylic oxidation sites excluding steroid dienone is 3. The molecule has 0 unspecified atom stereocenters. The minimum Gasteiger partial charge on any atom is -0.351 e. The average Bonchev–Trinajstić information content (AvgIpc) is 2.07. The third kappa shape index (κ3) is 3.01. The van der Waals surface area contributed by atoms with E-state index < -0.39 is 0 Å². The van der Waals surface area contributed by atoms with Crippen LogP contribution in [0.2, 0.25) is 0 Å². The molecule has 66 valence electrons. The lowest BCUT2D eigenvalue weighted by molar-refractivity contribution is 0.558. The molecule has 1 nitrogen and oxygen atoms in total. The van der Waals surface area contributed by atoms with Crippen LogP contribution < -0.4 is 0 Å². The molecule has 0 aromatic carbocycles. The van der Waals surface area contributed by atoms with Gasteiger partial charge in [0.25, 0.3) is 0 Å². The highest BCUT2D eigenvalue weighted by Gasteiger charge is 1.98. The summed E-state index contributed by atoms with van der Waals surface area (Å²) in [6, 6.07) is 0. The quantitative estimate of drug-likeness (QED) is 0.605. The predicted octanol–water partition coefficient (Wildman–Crippen LogP) is 2.57. The van der Waals surface area contributed by atoms with Gasteiger partial charge < -0.3 is 4.90 Å². The fraction of sp³-hybridized carbons (Fsp3) is 0.200. The fourth-order valence-corrected chi connectivity index (χ4v) is 0.996. The summed E-state index contributed by atoms with van der Waals surface area (Å²) in [5, 5.41) is 0. The first-order valence-electron chi connectivity index (χ1n) is 3.73. The molecule has 0 radical (unpaired) electrons. The normalized spacial score (nSPS) is 14.7. The first kappa shape index (κ1) is 11.1. The van der Waals surface area contributed by atoms with Gasteiger partial charge in [0.05, 0.1) is 0 Å². The van der Waals surface area contributed by atoms with Crippen LogP contribution >= 0.6 is 13.5 Å². The molecule has 2 heteroatoms. The summed E-state index contributed by atoms with van der Waals surface area (Å²) in [5.74, 6) is 0. The third-order valence-electron chi connectivity index (χ3n) is 1.66. The molecular weight excluding hydrogens is 166 g/mol. The molecule has 12 heavy (non-hydrogen) atoms. The van der Waals surface area contributed by atoms with E-state index >= 15 is 0 Å². The molecule has 1 aliphatic rings. The molecule has 0 aliphatic carbocycles. The van der Waals surface area contributed by atoms with Crippen molar-refractivity contribution >= 4 is 13.5 Å². The molecule has 1 aliphatic heterocycles. The molecule has 0 atom stereocenters. The van der Waals surface area contributed by atoms with E-state index in [0.29, 0.717) is 0 Å². The Hall–Kier alpha value is -0.890. The van der Waals surface area contributed by atoms with Crippen molar-refractivity contribution in [3.05, 3.63) is 49.4 Å². The highest BCUT2D eigenvalue weighted by Crippen LogP contribution is 2.10. The second-order valence-electron chi connectivity index (χ2n) is 2.47. The lowest BCUT2D eigenvalue weighted by Crippen LogP contribution is -2.11. The molecule has 1 rings (SSSR count). The summed E-state index contributed by atoms with van der Waals surface area (Å²) < 4.78 is 0. The van der Waals surface area contributed by atoms with Gasteiger partial charge in [-0.15, -0.1) is 6.58 Å². The van der Waals surface area contributed by atoms with Crippen LogP contribution in [0.4, 0.5) is 0 Å². The van der Waals surface area contributed by atoms with Crippen molar-refractivity contribution in [2.45, 2.75) is 6.42 Å². The standard InChI is InChI=1S/C10H13N.H2S/c1-3-5-10-6-8-11(4-2)9-7-10;/h3-4,6-8H,1-2,5,9H2;1H2. The lowest BCUT2D eigenvalue weighted by Gasteiger charge is -2.16. The van der Waals surface area contributed by atoms with Gasteiger partial charge in [0.1, 0.15) is 0 Å². The smallest absolute Gasteiger partial charge is 0.0405 e. The molecule has 0 saturated heterocycles. The zero-order valence-electron chi connectivity index (χ0n) is 7.16. The van der Waals surface area contributed by atoms with Gasteiger partial charge in [-0.25, -0.2) is 0 Å². The lowest BCUT2D eigenvalue weighted by atomic mass is 10.1. The van der Waals surface area contributed by atoms with E-state index in [1.54, 1.807) is 0 Å². The van der Waals surface area contributed by atoms with Crippen molar-refractivity contribution in [2.24, 2.45) is 0 Å². The van der Waals surface area contributed by atoms with Gasteiger partial charge in [-0.1, -0.05) is 18.7 Å². The maximum absolute atomic E-state index is 3.69. The van der Waals surface area contributed by atoms with Gasteiger partial charge in [-0.2, -0.15) is 13.5 Å². The highest BCUT2D eigenvalue weighted by atomic mass is 32.1. The van der Waals surface area contributed by atoms with E-state index in [1.165, 1.54) is 5.57 Å². The van der Waals surface area contributed by atoms with E-state index in [2.05, 4.69) is 25.3 Å². The molecule has 0 saturated carbocycles. The number of hydrogen-bond donors (Lipinski definition) is 0. The van der Waals surface area contributed by atoms with Crippen LogP contribution in [0.5, 0.6) is 0 Å². The van der Waals surface area contributed by atoms with Crippen LogP contribution in [0.25, 0.3) is 0 Å². The Balaban J connectivity index is 0.00000121. The largest absolute Gasteiger partial charge is 0.351 e. The summed E-state index contributed by atoms with van der Waals surface area (Å²) in [5.41, 5.74) is 1.33. The van der Waals surface area contributed by atoms with Crippen molar-refractivity contribution in [2.75, 3.05) is 6.54 Å². The van der Waals surface area contributed by atoms with Crippen LogP contribution in [-0.4, -0.2) is 11.4 Å². The Morgan fingerprint density at radius 1 is 1.50 bits per heavy atom. The molecular formula is C10H15NS. The van der Waals surface area contributed by atoms with Gasteiger partial charge in [-0.3, -0.25) is 0 Å².